The van der Waals surface area contributed by atoms with Gasteiger partial charge in [-0.25, -0.2) is 0 Å². The minimum Gasteiger partial charge on any atom is -0.496 e. The first-order valence-corrected chi connectivity index (χ1v) is 16.3. The highest BCUT2D eigenvalue weighted by Crippen LogP contribution is 2.35. The molecule has 0 N–H and O–H groups in total. The van der Waals surface area contributed by atoms with Gasteiger partial charge < -0.3 is 18.6 Å². The Morgan fingerprint density at radius 2 is 1.29 bits per heavy atom. The highest BCUT2D eigenvalue weighted by atomic mass is 79.9. The molecule has 218 valence electrons. The molecule has 0 fully saturated rings. The van der Waals surface area contributed by atoms with E-state index in [-0.39, 0.29) is 0 Å². The van der Waals surface area contributed by atoms with Crippen LogP contribution in [-0.2, 0) is 10.7 Å². The van der Waals surface area contributed by atoms with Crippen molar-refractivity contribution in [3.05, 3.63) is 71.8 Å². The van der Waals surface area contributed by atoms with Gasteiger partial charge >= 0.3 is 0 Å². The molecule has 0 bridgehead atoms. The zero-order chi connectivity index (χ0) is 29.2. The zero-order valence-electron chi connectivity index (χ0n) is 24.2. The summed E-state index contributed by atoms with van der Waals surface area (Å²) in [6, 6.07) is 19.4. The van der Waals surface area contributed by atoms with Gasteiger partial charge in [-0.1, -0.05) is 71.9 Å². The van der Waals surface area contributed by atoms with Crippen molar-refractivity contribution in [2.45, 2.75) is 57.1 Å². The van der Waals surface area contributed by atoms with E-state index >= 15 is 0 Å². The van der Waals surface area contributed by atoms with Crippen LogP contribution in [0.5, 0.6) is 23.0 Å². The molecule has 6 nitrogen and oxygen atoms in total. The van der Waals surface area contributed by atoms with Crippen LogP contribution in [0.4, 0.5) is 0 Å². The Morgan fingerprint density at radius 3 is 1.85 bits per heavy atom. The SMILES string of the molecule is COc1cc(CBr)c(Oc2ccc(-c3nnc(-c4ccc(OCCC(C)CCCC(C)C)cc4)o3)cc2)cc1CBr. The van der Waals surface area contributed by atoms with Gasteiger partial charge in [0.05, 0.1) is 13.7 Å². The molecule has 0 radical (unpaired) electrons. The minimum atomic E-state index is 0.450. The van der Waals surface area contributed by atoms with E-state index in [0.717, 1.165) is 58.4 Å². The summed E-state index contributed by atoms with van der Waals surface area (Å²) in [5.74, 6) is 5.52. The molecule has 1 unspecified atom stereocenters. The molecule has 0 aliphatic rings. The number of rotatable bonds is 15. The van der Waals surface area contributed by atoms with Crippen molar-refractivity contribution in [3.63, 3.8) is 0 Å². The van der Waals surface area contributed by atoms with Crippen molar-refractivity contribution in [3.8, 4) is 45.9 Å². The van der Waals surface area contributed by atoms with Crippen LogP contribution in [0.3, 0.4) is 0 Å². The molecule has 0 saturated carbocycles. The summed E-state index contributed by atoms with van der Waals surface area (Å²) in [6.07, 6.45) is 4.91. The fourth-order valence-corrected chi connectivity index (χ4v) is 5.35. The first-order chi connectivity index (χ1) is 19.9. The van der Waals surface area contributed by atoms with E-state index in [4.69, 9.17) is 18.6 Å². The number of methoxy groups -OCH3 is 1. The van der Waals surface area contributed by atoms with Gasteiger partial charge in [0.2, 0.25) is 11.8 Å². The van der Waals surface area contributed by atoms with Crippen LogP contribution in [0.1, 0.15) is 57.6 Å². The van der Waals surface area contributed by atoms with Crippen LogP contribution in [0.25, 0.3) is 22.9 Å². The van der Waals surface area contributed by atoms with Crippen LogP contribution in [0.2, 0.25) is 0 Å². The summed E-state index contributed by atoms with van der Waals surface area (Å²) in [4.78, 5) is 0. The highest BCUT2D eigenvalue weighted by Gasteiger charge is 2.14. The molecule has 41 heavy (non-hydrogen) atoms. The molecule has 1 atom stereocenters. The van der Waals surface area contributed by atoms with E-state index in [2.05, 4.69) is 62.8 Å². The number of nitrogens with zero attached hydrogens (tertiary/aromatic N) is 2. The van der Waals surface area contributed by atoms with Crippen LogP contribution >= 0.6 is 31.9 Å². The maximum atomic E-state index is 6.20. The Kier molecular flexibility index (Phi) is 11.7. The van der Waals surface area contributed by atoms with E-state index in [9.17, 15) is 0 Å². The van der Waals surface area contributed by atoms with Gasteiger partial charge in [-0.3, -0.25) is 0 Å². The molecule has 1 aromatic heterocycles. The van der Waals surface area contributed by atoms with Gasteiger partial charge in [-0.05, 0) is 78.9 Å². The maximum absolute atomic E-state index is 6.20. The first-order valence-electron chi connectivity index (χ1n) is 14.1. The van der Waals surface area contributed by atoms with E-state index < -0.39 is 0 Å². The minimum absolute atomic E-state index is 0.450. The van der Waals surface area contributed by atoms with Crippen molar-refractivity contribution >= 4 is 31.9 Å². The van der Waals surface area contributed by atoms with Crippen LogP contribution in [0, 0.1) is 11.8 Å². The second-order valence-corrected chi connectivity index (χ2v) is 11.8. The number of ether oxygens (including phenoxy) is 3. The van der Waals surface area contributed by atoms with E-state index in [0.29, 0.717) is 34.1 Å². The van der Waals surface area contributed by atoms with E-state index in [1.54, 1.807) is 7.11 Å². The van der Waals surface area contributed by atoms with E-state index in [1.165, 1.54) is 19.3 Å². The Balaban J connectivity index is 1.34. The molecular formula is C33H38Br2N2O4. The lowest BCUT2D eigenvalue weighted by Crippen LogP contribution is -2.04. The third-order valence-electron chi connectivity index (χ3n) is 6.96. The molecule has 0 saturated heterocycles. The molecule has 8 heteroatoms. The number of hydrogen-bond donors (Lipinski definition) is 0. The summed E-state index contributed by atoms with van der Waals surface area (Å²) in [6.45, 7) is 7.60. The fourth-order valence-electron chi connectivity index (χ4n) is 4.48. The molecular weight excluding hydrogens is 648 g/mol. The normalized spacial score (nSPS) is 12.0. The molecule has 0 amide bonds. The Labute approximate surface area is 260 Å². The van der Waals surface area contributed by atoms with Crippen LogP contribution < -0.4 is 14.2 Å². The lowest BCUT2D eigenvalue weighted by atomic mass is 9.98. The molecule has 4 rings (SSSR count). The predicted molar refractivity (Wildman–Crippen MR) is 171 cm³/mol. The van der Waals surface area contributed by atoms with Gasteiger partial charge in [0.15, 0.2) is 0 Å². The summed E-state index contributed by atoms with van der Waals surface area (Å²) >= 11 is 7.06. The van der Waals surface area contributed by atoms with Crippen molar-refractivity contribution < 1.29 is 18.6 Å². The maximum Gasteiger partial charge on any atom is 0.248 e. The lowest BCUT2D eigenvalue weighted by molar-refractivity contribution is 0.276. The summed E-state index contributed by atoms with van der Waals surface area (Å²) in [7, 11) is 1.67. The molecule has 1 heterocycles. The average Bonchev–Trinajstić information content (AvgIpc) is 3.48. The standard InChI is InChI=1S/C33H38Br2N2O4/c1-22(2)6-5-7-23(3)16-17-39-28-12-8-24(9-13-28)32-36-37-33(41-32)25-10-14-29(15-11-25)40-31-19-26(20-34)30(38-4)18-27(31)21-35/h8-15,18-19,22-23H,5-7,16-17,20-21H2,1-4H3. The number of halogens is 2. The monoisotopic (exact) mass is 684 g/mol. The van der Waals surface area contributed by atoms with Gasteiger partial charge in [0, 0.05) is 32.9 Å². The number of aromatic nitrogens is 2. The van der Waals surface area contributed by atoms with Crippen molar-refractivity contribution in [1.82, 2.24) is 10.2 Å². The molecule has 3 aromatic carbocycles. The molecule has 4 aromatic rings. The summed E-state index contributed by atoms with van der Waals surface area (Å²) < 4.78 is 23.6. The van der Waals surface area contributed by atoms with Gasteiger partial charge in [-0.2, -0.15) is 0 Å². The zero-order valence-corrected chi connectivity index (χ0v) is 27.3. The number of alkyl halides is 2. The summed E-state index contributed by atoms with van der Waals surface area (Å²) in [5, 5.41) is 9.83. The van der Waals surface area contributed by atoms with Crippen molar-refractivity contribution in [2.75, 3.05) is 13.7 Å². The molecule has 0 aliphatic carbocycles. The molecule has 0 spiro atoms. The Bertz CT molecular complexity index is 1370. The number of hydrogen-bond acceptors (Lipinski definition) is 6. The van der Waals surface area contributed by atoms with E-state index in [1.807, 2.05) is 60.7 Å². The number of benzene rings is 3. The molecule has 0 aliphatic heterocycles. The lowest BCUT2D eigenvalue weighted by Gasteiger charge is -2.14. The third-order valence-corrected chi connectivity index (χ3v) is 8.17. The van der Waals surface area contributed by atoms with Crippen LogP contribution in [-0.4, -0.2) is 23.9 Å². The highest BCUT2D eigenvalue weighted by molar-refractivity contribution is 9.08. The smallest absolute Gasteiger partial charge is 0.248 e. The van der Waals surface area contributed by atoms with Crippen LogP contribution in [0.15, 0.2) is 65.1 Å². The summed E-state index contributed by atoms with van der Waals surface area (Å²) in [5.41, 5.74) is 3.68. The Morgan fingerprint density at radius 1 is 0.732 bits per heavy atom. The van der Waals surface area contributed by atoms with Crippen molar-refractivity contribution in [2.24, 2.45) is 11.8 Å². The first kappa shape index (κ1) is 31.1. The quantitative estimate of drug-likeness (QED) is 0.116. The topological polar surface area (TPSA) is 66.6 Å². The Hall–Kier alpha value is -2.84. The fraction of sp³-hybridized carbons (Fsp3) is 0.394. The second kappa shape index (κ2) is 15.4. The van der Waals surface area contributed by atoms with Gasteiger partial charge in [0.25, 0.3) is 0 Å². The van der Waals surface area contributed by atoms with Gasteiger partial charge in [0.1, 0.15) is 23.0 Å². The predicted octanol–water partition coefficient (Wildman–Crippen LogP) is 10.2. The van der Waals surface area contributed by atoms with Gasteiger partial charge in [-0.15, -0.1) is 10.2 Å². The van der Waals surface area contributed by atoms with Crippen molar-refractivity contribution in [1.29, 1.82) is 0 Å². The average molecular weight is 686 g/mol. The third kappa shape index (κ3) is 8.82. The second-order valence-electron chi connectivity index (χ2n) is 10.7. The largest absolute Gasteiger partial charge is 0.496 e.